The molecule has 1 aliphatic heterocycles. The third-order valence-corrected chi connectivity index (χ3v) is 4.32. The van der Waals surface area contributed by atoms with Crippen LogP contribution in [0, 0.1) is 6.92 Å². The van der Waals surface area contributed by atoms with E-state index in [-0.39, 0.29) is 12.0 Å². The minimum Gasteiger partial charge on any atom is -0.380 e. The van der Waals surface area contributed by atoms with E-state index >= 15 is 0 Å². The van der Waals surface area contributed by atoms with E-state index in [0.717, 1.165) is 24.6 Å². The summed E-state index contributed by atoms with van der Waals surface area (Å²) in [5.41, 5.74) is 6.49. The number of amides is 1. The second-order valence-electron chi connectivity index (χ2n) is 5.89. The summed E-state index contributed by atoms with van der Waals surface area (Å²) in [6.07, 6.45) is 1.62. The number of hydrogen-bond acceptors (Lipinski definition) is 7. The average Bonchev–Trinajstić information content (AvgIpc) is 3.07. The number of rotatable bonds is 5. The van der Waals surface area contributed by atoms with Crippen molar-refractivity contribution in [2.75, 3.05) is 44.7 Å². The number of nitrogens with zero attached hydrogens (tertiary/aromatic N) is 6. The number of anilines is 1. The van der Waals surface area contributed by atoms with Gasteiger partial charge in [-0.25, -0.2) is 4.98 Å². The van der Waals surface area contributed by atoms with Crippen molar-refractivity contribution in [1.82, 2.24) is 24.5 Å². The Balaban J connectivity index is 1.66. The van der Waals surface area contributed by atoms with E-state index in [1.165, 1.54) is 6.33 Å². The Kier molecular flexibility index (Phi) is 4.91. The predicted molar refractivity (Wildman–Crippen MR) is 88.8 cm³/mol. The maximum atomic E-state index is 12.3. The zero-order chi connectivity index (χ0) is 17.1. The Bertz CT molecular complexity index is 705. The molecule has 2 aromatic heterocycles. The van der Waals surface area contributed by atoms with Gasteiger partial charge in [-0.15, -0.1) is 0 Å². The molecule has 24 heavy (non-hydrogen) atoms. The fourth-order valence-electron chi connectivity index (χ4n) is 2.91. The zero-order valence-corrected chi connectivity index (χ0v) is 14.1. The Hall–Kier alpha value is -2.26. The third-order valence-electron chi connectivity index (χ3n) is 4.32. The fraction of sp³-hybridized carbons (Fsp3) is 0.600. The molecule has 3 heterocycles. The number of carbonyl (C=O) groups excluding carboxylic acids is 1. The molecule has 3 rings (SSSR count). The van der Waals surface area contributed by atoms with Crippen molar-refractivity contribution in [1.29, 1.82) is 0 Å². The molecule has 0 aromatic carbocycles. The largest absolute Gasteiger partial charge is 0.380 e. The standard InChI is InChI=1S/C15H23N7O2/c1-11-7-13(22-15(19-11)17-10-18-22)20-3-5-21(6-4-20)14(23)8-12(9-16)24-2/h7,10,12H,3-6,8-9,16H2,1-2H3. The summed E-state index contributed by atoms with van der Waals surface area (Å²) in [5, 5.41) is 4.24. The molecule has 1 aliphatic rings. The van der Waals surface area contributed by atoms with Crippen molar-refractivity contribution in [3.05, 3.63) is 18.1 Å². The minimum absolute atomic E-state index is 0.0868. The maximum absolute atomic E-state index is 12.3. The van der Waals surface area contributed by atoms with Gasteiger partial charge in [0.15, 0.2) is 0 Å². The second kappa shape index (κ2) is 7.10. The van der Waals surface area contributed by atoms with E-state index in [2.05, 4.69) is 20.0 Å². The van der Waals surface area contributed by atoms with E-state index in [0.29, 0.717) is 31.8 Å². The lowest BCUT2D eigenvalue weighted by molar-refractivity contribution is -0.133. The molecule has 0 radical (unpaired) electrons. The molecule has 0 saturated carbocycles. The van der Waals surface area contributed by atoms with Crippen molar-refractivity contribution in [2.24, 2.45) is 5.73 Å². The van der Waals surface area contributed by atoms with Crippen LogP contribution in [0.2, 0.25) is 0 Å². The first kappa shape index (κ1) is 16.6. The number of aryl methyl sites for hydroxylation is 1. The molecule has 0 spiro atoms. The molecule has 1 unspecified atom stereocenters. The molecule has 2 N–H and O–H groups in total. The van der Waals surface area contributed by atoms with Crippen LogP contribution in [0.4, 0.5) is 5.82 Å². The van der Waals surface area contributed by atoms with Crippen LogP contribution in [0.5, 0.6) is 0 Å². The van der Waals surface area contributed by atoms with Crippen LogP contribution in [0.25, 0.3) is 5.78 Å². The second-order valence-corrected chi connectivity index (χ2v) is 5.89. The molecular formula is C15H23N7O2. The van der Waals surface area contributed by atoms with Crippen LogP contribution < -0.4 is 10.6 Å². The first-order chi connectivity index (χ1) is 11.6. The van der Waals surface area contributed by atoms with Gasteiger partial charge in [0.1, 0.15) is 12.1 Å². The molecule has 1 atom stereocenters. The number of methoxy groups -OCH3 is 1. The molecule has 1 fully saturated rings. The molecule has 1 saturated heterocycles. The van der Waals surface area contributed by atoms with Crippen molar-refractivity contribution in [3.63, 3.8) is 0 Å². The van der Waals surface area contributed by atoms with Crippen LogP contribution in [0.15, 0.2) is 12.4 Å². The van der Waals surface area contributed by atoms with Gasteiger partial charge in [-0.3, -0.25) is 4.79 Å². The SMILES string of the molecule is COC(CN)CC(=O)N1CCN(c2cc(C)nc3ncnn23)CC1. The summed E-state index contributed by atoms with van der Waals surface area (Å²) in [7, 11) is 1.58. The molecule has 1 amide bonds. The van der Waals surface area contributed by atoms with Gasteiger partial charge in [0, 0.05) is 51.6 Å². The van der Waals surface area contributed by atoms with Crippen LogP contribution in [-0.2, 0) is 9.53 Å². The molecule has 2 aromatic rings. The number of piperazine rings is 1. The predicted octanol–water partition coefficient (Wildman–Crippen LogP) is -0.555. The third kappa shape index (κ3) is 3.31. The first-order valence-electron chi connectivity index (χ1n) is 8.05. The van der Waals surface area contributed by atoms with Gasteiger partial charge >= 0.3 is 0 Å². The molecule has 9 nitrogen and oxygen atoms in total. The number of hydrogen-bond donors (Lipinski definition) is 1. The van der Waals surface area contributed by atoms with E-state index in [9.17, 15) is 4.79 Å². The van der Waals surface area contributed by atoms with Gasteiger partial charge < -0.3 is 20.3 Å². The monoisotopic (exact) mass is 333 g/mol. The van der Waals surface area contributed by atoms with E-state index in [1.54, 1.807) is 11.6 Å². The van der Waals surface area contributed by atoms with Crippen molar-refractivity contribution in [3.8, 4) is 0 Å². The maximum Gasteiger partial charge on any atom is 0.254 e. The normalized spacial score (nSPS) is 16.6. The topological polar surface area (TPSA) is 102 Å². The smallest absolute Gasteiger partial charge is 0.254 e. The van der Waals surface area contributed by atoms with Crippen molar-refractivity contribution >= 4 is 17.5 Å². The number of ether oxygens (including phenoxy) is 1. The summed E-state index contributed by atoms with van der Waals surface area (Å²) in [4.78, 5) is 24.9. The van der Waals surface area contributed by atoms with E-state index in [4.69, 9.17) is 10.5 Å². The highest BCUT2D eigenvalue weighted by Crippen LogP contribution is 2.18. The molecular weight excluding hydrogens is 310 g/mol. The molecule has 0 bridgehead atoms. The summed E-state index contributed by atoms with van der Waals surface area (Å²) in [6.45, 7) is 5.10. The summed E-state index contributed by atoms with van der Waals surface area (Å²) in [5.74, 6) is 1.64. The highest BCUT2D eigenvalue weighted by Gasteiger charge is 2.24. The minimum atomic E-state index is -0.215. The van der Waals surface area contributed by atoms with Crippen LogP contribution >= 0.6 is 0 Å². The lowest BCUT2D eigenvalue weighted by Crippen LogP contribution is -2.50. The van der Waals surface area contributed by atoms with E-state index in [1.807, 2.05) is 17.9 Å². The van der Waals surface area contributed by atoms with Gasteiger partial charge in [-0.2, -0.15) is 14.6 Å². The zero-order valence-electron chi connectivity index (χ0n) is 14.1. The summed E-state index contributed by atoms with van der Waals surface area (Å²) < 4.78 is 6.93. The molecule has 130 valence electrons. The summed E-state index contributed by atoms with van der Waals surface area (Å²) in [6, 6.07) is 1.99. The van der Waals surface area contributed by atoms with E-state index < -0.39 is 0 Å². The van der Waals surface area contributed by atoms with Crippen molar-refractivity contribution in [2.45, 2.75) is 19.4 Å². The highest BCUT2D eigenvalue weighted by molar-refractivity contribution is 5.77. The van der Waals surface area contributed by atoms with Gasteiger partial charge in [0.05, 0.1) is 12.5 Å². The lowest BCUT2D eigenvalue weighted by Gasteiger charge is -2.36. The van der Waals surface area contributed by atoms with Crippen molar-refractivity contribution < 1.29 is 9.53 Å². The number of carbonyl (C=O) groups is 1. The Morgan fingerprint density at radius 1 is 1.38 bits per heavy atom. The van der Waals surface area contributed by atoms with Gasteiger partial charge in [0.2, 0.25) is 5.91 Å². The highest BCUT2D eigenvalue weighted by atomic mass is 16.5. The average molecular weight is 333 g/mol. The Morgan fingerprint density at radius 2 is 2.12 bits per heavy atom. The lowest BCUT2D eigenvalue weighted by atomic mass is 10.2. The Labute approximate surface area is 140 Å². The van der Waals surface area contributed by atoms with Gasteiger partial charge in [-0.1, -0.05) is 0 Å². The summed E-state index contributed by atoms with van der Waals surface area (Å²) >= 11 is 0. The number of fused-ring (bicyclic) bond motifs is 1. The Morgan fingerprint density at radius 3 is 2.79 bits per heavy atom. The molecule has 9 heteroatoms. The number of aromatic nitrogens is 4. The van der Waals surface area contributed by atoms with Crippen LogP contribution in [0.1, 0.15) is 12.1 Å². The molecule has 0 aliphatic carbocycles. The van der Waals surface area contributed by atoms with Gasteiger partial charge in [-0.05, 0) is 6.92 Å². The first-order valence-corrected chi connectivity index (χ1v) is 8.05. The van der Waals surface area contributed by atoms with Crippen LogP contribution in [0.3, 0.4) is 0 Å². The number of nitrogens with two attached hydrogens (primary N) is 1. The fourth-order valence-corrected chi connectivity index (χ4v) is 2.91. The quantitative estimate of drug-likeness (QED) is 0.783. The van der Waals surface area contributed by atoms with Gasteiger partial charge in [0.25, 0.3) is 5.78 Å². The van der Waals surface area contributed by atoms with Crippen LogP contribution in [-0.4, -0.2) is 76.3 Å².